The fourth-order valence-corrected chi connectivity index (χ4v) is 5.78. The van der Waals surface area contributed by atoms with Crippen molar-refractivity contribution in [3.05, 3.63) is 137 Å². The zero-order valence-electron chi connectivity index (χ0n) is 22.6. The first-order valence-corrected chi connectivity index (χ1v) is 13.5. The van der Waals surface area contributed by atoms with Crippen molar-refractivity contribution >= 4 is 39.6 Å². The number of β-lactam (4-membered cyclic amide) rings is 1. The Bertz CT molecular complexity index is 1880. The fraction of sp³-hybridized carbons (Fsp3) is 0.114. The highest BCUT2D eigenvalue weighted by molar-refractivity contribution is 6.28. The summed E-state index contributed by atoms with van der Waals surface area (Å²) in [6, 6.07) is 33.3. The minimum Gasteiger partial charge on any atom is -0.478 e. The number of carbonyl (C=O) groups is 3. The van der Waals surface area contributed by atoms with Crippen molar-refractivity contribution in [3.8, 4) is 5.75 Å². The van der Waals surface area contributed by atoms with Crippen LogP contribution < -0.4 is 14.5 Å². The number of hydrogen-bond donors (Lipinski definition) is 0. The molecule has 6 heteroatoms. The summed E-state index contributed by atoms with van der Waals surface area (Å²) < 4.78 is 6.34. The van der Waals surface area contributed by atoms with Gasteiger partial charge < -0.3 is 9.64 Å². The van der Waals surface area contributed by atoms with Gasteiger partial charge in [-0.15, -0.1) is 0 Å². The minimum atomic E-state index is -0.754. The molecule has 1 saturated heterocycles. The number of rotatable bonds is 5. The van der Waals surface area contributed by atoms with E-state index in [0.717, 1.165) is 22.0 Å². The molecule has 5 aromatic carbocycles. The van der Waals surface area contributed by atoms with Crippen LogP contribution in [0.2, 0.25) is 0 Å². The summed E-state index contributed by atoms with van der Waals surface area (Å²) in [5.74, 6) is -0.0138. The zero-order chi connectivity index (χ0) is 28.2. The number of ether oxygens (including phenoxy) is 1. The van der Waals surface area contributed by atoms with Crippen molar-refractivity contribution in [2.24, 2.45) is 0 Å². The third kappa shape index (κ3) is 3.99. The molecule has 0 bridgehead atoms. The van der Waals surface area contributed by atoms with Gasteiger partial charge in [0, 0.05) is 47.7 Å². The monoisotopic (exact) mass is 538 g/mol. The Kier molecular flexibility index (Phi) is 5.71. The van der Waals surface area contributed by atoms with Gasteiger partial charge in [-0.05, 0) is 58.8 Å². The van der Waals surface area contributed by atoms with Gasteiger partial charge in [-0.1, -0.05) is 66.7 Å². The smallest absolute Gasteiger partial charge is 0.271 e. The summed E-state index contributed by atoms with van der Waals surface area (Å²) in [4.78, 5) is 44.0. The summed E-state index contributed by atoms with van der Waals surface area (Å²) in [6.07, 6.45) is -0.754. The molecule has 200 valence electrons. The molecule has 0 spiro atoms. The lowest BCUT2D eigenvalue weighted by molar-refractivity contribution is -0.135. The van der Waals surface area contributed by atoms with Crippen molar-refractivity contribution in [2.75, 3.05) is 23.9 Å². The van der Waals surface area contributed by atoms with E-state index in [1.807, 2.05) is 85.7 Å². The standard InChI is InChI=1S/C35H26N2O4/c1-36(2)24-14-11-22(12-15-24)31-34(41-26-17-13-21-7-3-4-8-23(21)19-26)35(40)37(31)25-16-18-29-30(20-25)33(39)28-10-6-5-9-27(28)32(29)38/h3-20,31,34H,1-2H3. The molecule has 5 aromatic rings. The van der Waals surface area contributed by atoms with Gasteiger partial charge in [0.1, 0.15) is 11.8 Å². The van der Waals surface area contributed by atoms with Gasteiger partial charge in [0.15, 0.2) is 11.6 Å². The second-order valence-electron chi connectivity index (χ2n) is 10.6. The van der Waals surface area contributed by atoms with Crippen molar-refractivity contribution in [1.29, 1.82) is 0 Å². The first-order valence-electron chi connectivity index (χ1n) is 13.5. The van der Waals surface area contributed by atoms with E-state index >= 15 is 0 Å². The van der Waals surface area contributed by atoms with Crippen LogP contribution in [0.4, 0.5) is 11.4 Å². The molecule has 1 fully saturated rings. The normalized spacial score (nSPS) is 17.6. The predicted molar refractivity (Wildman–Crippen MR) is 159 cm³/mol. The number of fused-ring (bicyclic) bond motifs is 3. The number of benzene rings is 5. The Hall–Kier alpha value is -5.23. The highest BCUT2D eigenvalue weighted by atomic mass is 16.5. The number of anilines is 2. The molecule has 2 aliphatic rings. The van der Waals surface area contributed by atoms with Crippen LogP contribution >= 0.6 is 0 Å². The van der Waals surface area contributed by atoms with Crippen molar-refractivity contribution in [3.63, 3.8) is 0 Å². The molecule has 0 radical (unpaired) electrons. The lowest BCUT2D eigenvalue weighted by atomic mass is 9.83. The predicted octanol–water partition coefficient (Wildman–Crippen LogP) is 6.22. The van der Waals surface area contributed by atoms with E-state index in [1.54, 1.807) is 47.4 Å². The Morgan fingerprint density at radius 2 is 1.27 bits per heavy atom. The van der Waals surface area contributed by atoms with E-state index in [-0.39, 0.29) is 17.5 Å². The molecule has 0 aromatic heterocycles. The van der Waals surface area contributed by atoms with E-state index in [2.05, 4.69) is 0 Å². The van der Waals surface area contributed by atoms with Gasteiger partial charge in [0.2, 0.25) is 6.10 Å². The van der Waals surface area contributed by atoms with Crippen LogP contribution in [0.5, 0.6) is 5.75 Å². The molecule has 0 N–H and O–H groups in total. The molecule has 1 aliphatic carbocycles. The molecule has 1 heterocycles. The Morgan fingerprint density at radius 3 is 1.98 bits per heavy atom. The van der Waals surface area contributed by atoms with Gasteiger partial charge in [-0.3, -0.25) is 19.3 Å². The summed E-state index contributed by atoms with van der Waals surface area (Å²) >= 11 is 0. The highest BCUT2D eigenvalue weighted by Gasteiger charge is 2.51. The lowest BCUT2D eigenvalue weighted by Gasteiger charge is -2.47. The Balaban J connectivity index is 1.27. The van der Waals surface area contributed by atoms with E-state index in [4.69, 9.17) is 4.74 Å². The van der Waals surface area contributed by atoms with E-state index in [1.165, 1.54) is 0 Å². The molecule has 0 saturated carbocycles. The third-order valence-electron chi connectivity index (χ3n) is 7.97. The van der Waals surface area contributed by atoms with Crippen LogP contribution in [0.25, 0.3) is 10.8 Å². The van der Waals surface area contributed by atoms with E-state index in [0.29, 0.717) is 33.7 Å². The van der Waals surface area contributed by atoms with Gasteiger partial charge in [0.05, 0.1) is 0 Å². The summed E-state index contributed by atoms with van der Waals surface area (Å²) in [7, 11) is 3.95. The number of hydrogen-bond acceptors (Lipinski definition) is 5. The molecule has 6 nitrogen and oxygen atoms in total. The van der Waals surface area contributed by atoms with Crippen LogP contribution in [-0.4, -0.2) is 37.7 Å². The molecule has 1 aliphatic heterocycles. The molecule has 7 rings (SSSR count). The van der Waals surface area contributed by atoms with Crippen LogP contribution in [0, 0.1) is 0 Å². The molecule has 1 amide bonds. The van der Waals surface area contributed by atoms with Crippen LogP contribution in [0.3, 0.4) is 0 Å². The van der Waals surface area contributed by atoms with Gasteiger partial charge in [-0.25, -0.2) is 0 Å². The number of ketones is 2. The Morgan fingerprint density at radius 1 is 0.634 bits per heavy atom. The zero-order valence-corrected chi connectivity index (χ0v) is 22.6. The number of carbonyl (C=O) groups excluding carboxylic acids is 3. The first-order chi connectivity index (χ1) is 19.9. The maximum atomic E-state index is 13.7. The molecular formula is C35H26N2O4. The minimum absolute atomic E-state index is 0.190. The second-order valence-corrected chi connectivity index (χ2v) is 10.6. The second kappa shape index (κ2) is 9.45. The fourth-order valence-electron chi connectivity index (χ4n) is 5.78. The van der Waals surface area contributed by atoms with Crippen molar-refractivity contribution < 1.29 is 19.1 Å². The number of amides is 1. The van der Waals surface area contributed by atoms with Gasteiger partial charge in [0.25, 0.3) is 5.91 Å². The van der Waals surface area contributed by atoms with E-state index in [9.17, 15) is 14.4 Å². The molecule has 2 atom stereocenters. The lowest BCUT2D eigenvalue weighted by Crippen LogP contribution is -2.61. The van der Waals surface area contributed by atoms with E-state index < -0.39 is 12.1 Å². The summed E-state index contributed by atoms with van der Waals surface area (Å²) in [5, 5.41) is 2.12. The van der Waals surface area contributed by atoms with Crippen LogP contribution in [0.15, 0.2) is 109 Å². The van der Waals surface area contributed by atoms with Crippen LogP contribution in [-0.2, 0) is 4.79 Å². The average molecular weight is 539 g/mol. The average Bonchev–Trinajstić information content (AvgIpc) is 3.01. The first kappa shape index (κ1) is 24.8. The largest absolute Gasteiger partial charge is 0.478 e. The number of nitrogens with zero attached hydrogens (tertiary/aromatic N) is 2. The Labute approximate surface area is 237 Å². The summed E-state index contributed by atoms with van der Waals surface area (Å²) in [6.45, 7) is 0. The molecule has 2 unspecified atom stereocenters. The maximum Gasteiger partial charge on any atom is 0.271 e. The SMILES string of the molecule is CN(C)c1ccc(C2C(Oc3ccc4ccccc4c3)C(=O)N2c2ccc3c(c2)C(=O)c2ccccc2C3=O)cc1. The highest BCUT2D eigenvalue weighted by Crippen LogP contribution is 2.43. The quantitative estimate of drug-likeness (QED) is 0.244. The van der Waals surface area contributed by atoms with Gasteiger partial charge >= 0.3 is 0 Å². The summed E-state index contributed by atoms with van der Waals surface area (Å²) in [5.41, 5.74) is 3.93. The van der Waals surface area contributed by atoms with Crippen LogP contribution in [0.1, 0.15) is 43.4 Å². The van der Waals surface area contributed by atoms with Crippen molar-refractivity contribution in [1.82, 2.24) is 0 Å². The molecular weight excluding hydrogens is 512 g/mol. The van der Waals surface area contributed by atoms with Crippen molar-refractivity contribution in [2.45, 2.75) is 12.1 Å². The maximum absolute atomic E-state index is 13.7. The molecule has 41 heavy (non-hydrogen) atoms. The topological polar surface area (TPSA) is 66.9 Å². The van der Waals surface area contributed by atoms with Gasteiger partial charge in [-0.2, -0.15) is 0 Å². The third-order valence-corrected chi connectivity index (χ3v) is 7.97.